The molecule has 1 aliphatic heterocycles. The van der Waals surface area contributed by atoms with Gasteiger partial charge >= 0.3 is 0 Å². The van der Waals surface area contributed by atoms with Gasteiger partial charge in [0.15, 0.2) is 0 Å². The van der Waals surface area contributed by atoms with E-state index in [1.54, 1.807) is 0 Å². The molecule has 2 rings (SSSR count). The highest BCUT2D eigenvalue weighted by Crippen LogP contribution is 2.29. The van der Waals surface area contributed by atoms with Crippen LogP contribution in [-0.2, 0) is 10.0 Å². The summed E-state index contributed by atoms with van der Waals surface area (Å²) in [5, 5.41) is 3.03. The van der Waals surface area contributed by atoms with Crippen molar-refractivity contribution in [3.05, 3.63) is 0 Å². The first kappa shape index (κ1) is 14.3. The fourth-order valence-electron chi connectivity index (χ4n) is 3.30. The van der Waals surface area contributed by atoms with Crippen molar-refractivity contribution < 1.29 is 8.42 Å². The lowest BCUT2D eigenvalue weighted by molar-refractivity contribution is 0.244. The predicted octanol–water partition coefficient (Wildman–Crippen LogP) is 1.72. The van der Waals surface area contributed by atoms with E-state index in [0.717, 1.165) is 58.0 Å². The monoisotopic (exact) mass is 274 g/mol. The van der Waals surface area contributed by atoms with Gasteiger partial charge in [0.05, 0.1) is 5.25 Å². The average molecular weight is 274 g/mol. The summed E-state index contributed by atoms with van der Waals surface area (Å²) < 4.78 is 27.3. The summed E-state index contributed by atoms with van der Waals surface area (Å²) in [7, 11) is -1.16. The van der Waals surface area contributed by atoms with Crippen molar-refractivity contribution in [2.75, 3.05) is 20.1 Å². The summed E-state index contributed by atoms with van der Waals surface area (Å²) >= 11 is 0. The van der Waals surface area contributed by atoms with Crippen molar-refractivity contribution in [2.24, 2.45) is 0 Å². The second-order valence-electron chi connectivity index (χ2n) is 5.62. The molecule has 0 aromatic rings. The number of sulfonamides is 1. The van der Waals surface area contributed by atoms with Gasteiger partial charge in [-0.1, -0.05) is 25.7 Å². The van der Waals surface area contributed by atoms with Gasteiger partial charge in [0.2, 0.25) is 10.0 Å². The second kappa shape index (κ2) is 6.35. The summed E-state index contributed by atoms with van der Waals surface area (Å²) in [6.45, 7) is 1.51. The summed E-state index contributed by atoms with van der Waals surface area (Å²) in [6.07, 6.45) is 8.27. The van der Waals surface area contributed by atoms with E-state index in [-0.39, 0.29) is 11.3 Å². The van der Waals surface area contributed by atoms with Crippen LogP contribution >= 0.6 is 0 Å². The Kier molecular flexibility index (Phi) is 5.04. The normalized spacial score (nSPS) is 28.4. The Hall–Kier alpha value is -0.130. The molecule has 1 saturated carbocycles. The third kappa shape index (κ3) is 3.06. The van der Waals surface area contributed by atoms with Crippen molar-refractivity contribution in [3.8, 4) is 0 Å². The molecule has 0 amide bonds. The topological polar surface area (TPSA) is 49.4 Å². The average Bonchev–Trinajstić information content (AvgIpc) is 2.41. The third-order valence-electron chi connectivity index (χ3n) is 4.31. The molecular weight excluding hydrogens is 248 g/mol. The van der Waals surface area contributed by atoms with Gasteiger partial charge in [-0.3, -0.25) is 0 Å². The summed E-state index contributed by atoms with van der Waals surface area (Å²) in [5.41, 5.74) is 0. The minimum atomic E-state index is -3.06. The first-order valence-corrected chi connectivity index (χ1v) is 8.82. The van der Waals surface area contributed by atoms with Crippen LogP contribution in [-0.4, -0.2) is 44.2 Å². The van der Waals surface area contributed by atoms with E-state index in [0.29, 0.717) is 0 Å². The molecule has 106 valence electrons. The number of hydrogen-bond acceptors (Lipinski definition) is 3. The Labute approximate surface area is 111 Å². The molecule has 2 aliphatic rings. The van der Waals surface area contributed by atoms with Crippen molar-refractivity contribution in [2.45, 2.75) is 62.7 Å². The number of nitrogens with zero attached hydrogens (tertiary/aromatic N) is 1. The molecule has 18 heavy (non-hydrogen) atoms. The van der Waals surface area contributed by atoms with Crippen LogP contribution in [0.5, 0.6) is 0 Å². The van der Waals surface area contributed by atoms with Crippen molar-refractivity contribution in [1.29, 1.82) is 0 Å². The van der Waals surface area contributed by atoms with Crippen molar-refractivity contribution >= 4 is 10.0 Å². The van der Waals surface area contributed by atoms with Gasteiger partial charge in [-0.25, -0.2) is 8.42 Å². The maximum absolute atomic E-state index is 12.7. The minimum Gasteiger partial charge on any atom is -0.318 e. The maximum atomic E-state index is 12.7. The largest absolute Gasteiger partial charge is 0.318 e. The van der Waals surface area contributed by atoms with Crippen LogP contribution in [0.4, 0.5) is 0 Å². The highest BCUT2D eigenvalue weighted by molar-refractivity contribution is 7.89. The fraction of sp³-hybridized carbons (Fsp3) is 1.00. The molecule has 1 N–H and O–H groups in total. The van der Waals surface area contributed by atoms with Gasteiger partial charge in [-0.15, -0.1) is 0 Å². The first-order chi connectivity index (χ1) is 8.66. The van der Waals surface area contributed by atoms with E-state index >= 15 is 0 Å². The van der Waals surface area contributed by atoms with Gasteiger partial charge < -0.3 is 5.32 Å². The maximum Gasteiger partial charge on any atom is 0.217 e. The van der Waals surface area contributed by atoms with Gasteiger partial charge in [0.1, 0.15) is 0 Å². The van der Waals surface area contributed by atoms with Crippen LogP contribution in [0.2, 0.25) is 0 Å². The number of nitrogens with one attached hydrogen (secondary N) is 1. The second-order valence-corrected chi connectivity index (χ2v) is 7.79. The Morgan fingerprint density at radius 1 is 1.06 bits per heavy atom. The fourth-order valence-corrected chi connectivity index (χ4v) is 5.59. The summed E-state index contributed by atoms with van der Waals surface area (Å²) in [5.74, 6) is 0. The number of hydrogen-bond donors (Lipinski definition) is 1. The predicted molar refractivity (Wildman–Crippen MR) is 74.1 cm³/mol. The molecule has 0 aromatic heterocycles. The quantitative estimate of drug-likeness (QED) is 0.849. The molecule has 0 spiro atoms. The molecule has 4 nitrogen and oxygen atoms in total. The molecule has 1 unspecified atom stereocenters. The molecule has 0 radical (unpaired) electrons. The highest BCUT2D eigenvalue weighted by atomic mass is 32.2. The van der Waals surface area contributed by atoms with Gasteiger partial charge in [0.25, 0.3) is 0 Å². The Morgan fingerprint density at radius 2 is 1.72 bits per heavy atom. The lowest BCUT2D eigenvalue weighted by Gasteiger charge is -2.38. The van der Waals surface area contributed by atoms with Gasteiger partial charge in [-0.2, -0.15) is 4.31 Å². The molecule has 0 bridgehead atoms. The number of likely N-dealkylation sites (N-methyl/N-ethyl adjacent to an activating group) is 1. The molecule has 1 aliphatic carbocycles. The third-order valence-corrected chi connectivity index (χ3v) is 6.76. The van der Waals surface area contributed by atoms with Crippen LogP contribution in [0, 0.1) is 0 Å². The highest BCUT2D eigenvalue weighted by Gasteiger charge is 2.37. The molecule has 2 fully saturated rings. The zero-order valence-electron chi connectivity index (χ0n) is 11.4. The Bertz CT molecular complexity index is 348. The van der Waals surface area contributed by atoms with E-state index < -0.39 is 10.0 Å². The molecule has 0 aromatic carbocycles. The lowest BCUT2D eigenvalue weighted by Crippen LogP contribution is -2.51. The smallest absolute Gasteiger partial charge is 0.217 e. The summed E-state index contributed by atoms with van der Waals surface area (Å²) in [4.78, 5) is 0. The van der Waals surface area contributed by atoms with E-state index in [1.807, 2.05) is 11.4 Å². The van der Waals surface area contributed by atoms with E-state index in [1.165, 1.54) is 6.42 Å². The van der Waals surface area contributed by atoms with Crippen molar-refractivity contribution in [1.82, 2.24) is 9.62 Å². The van der Waals surface area contributed by atoms with E-state index in [9.17, 15) is 8.42 Å². The standard InChI is InChI=1S/C13H26N2O2S/c1-14-11-12-7-5-6-10-15(12)18(16,17)13-8-3-2-4-9-13/h12-14H,2-11H2,1H3. The summed E-state index contributed by atoms with van der Waals surface area (Å²) in [6, 6.07) is 0.177. The first-order valence-electron chi connectivity index (χ1n) is 7.31. The molecule has 5 heteroatoms. The lowest BCUT2D eigenvalue weighted by atomic mass is 10.0. The SMILES string of the molecule is CNCC1CCCCN1S(=O)(=O)C1CCCCC1. The zero-order valence-corrected chi connectivity index (χ0v) is 12.2. The molecule has 1 saturated heterocycles. The van der Waals surface area contributed by atoms with Crippen LogP contribution in [0.1, 0.15) is 51.4 Å². The van der Waals surface area contributed by atoms with Crippen molar-refractivity contribution in [3.63, 3.8) is 0 Å². The number of piperidine rings is 1. The number of rotatable bonds is 4. The van der Waals surface area contributed by atoms with Gasteiger partial charge in [0, 0.05) is 19.1 Å². The zero-order chi connectivity index (χ0) is 13.0. The minimum absolute atomic E-state index is 0.108. The Balaban J connectivity index is 2.10. The molecular formula is C13H26N2O2S. The van der Waals surface area contributed by atoms with Crippen LogP contribution < -0.4 is 5.32 Å². The van der Waals surface area contributed by atoms with Crippen LogP contribution in [0.15, 0.2) is 0 Å². The Morgan fingerprint density at radius 3 is 2.39 bits per heavy atom. The van der Waals surface area contributed by atoms with Crippen LogP contribution in [0.3, 0.4) is 0 Å². The molecule has 1 atom stereocenters. The van der Waals surface area contributed by atoms with Gasteiger partial charge in [-0.05, 0) is 32.7 Å². The van der Waals surface area contributed by atoms with Crippen LogP contribution in [0.25, 0.3) is 0 Å². The molecule has 1 heterocycles. The van der Waals surface area contributed by atoms with E-state index in [2.05, 4.69) is 5.32 Å². The van der Waals surface area contributed by atoms with E-state index in [4.69, 9.17) is 0 Å².